The highest BCUT2D eigenvalue weighted by atomic mass is 16.6. The minimum Gasteiger partial charge on any atom is -0.259 e. The molecule has 72 valence electrons. The summed E-state index contributed by atoms with van der Waals surface area (Å²) in [6.45, 7) is 0. The third-order valence-electron chi connectivity index (χ3n) is 3.40. The lowest BCUT2D eigenvalue weighted by Gasteiger charge is -2.23. The summed E-state index contributed by atoms with van der Waals surface area (Å²) in [5, 5.41) is 10.3. The monoisotopic (exact) mass is 181 g/mol. The zero-order valence-corrected chi connectivity index (χ0v) is 7.74. The van der Waals surface area contributed by atoms with E-state index in [2.05, 4.69) is 0 Å². The second-order valence-electron chi connectivity index (χ2n) is 4.29. The van der Waals surface area contributed by atoms with Crippen molar-refractivity contribution in [1.82, 2.24) is 0 Å². The van der Waals surface area contributed by atoms with Gasteiger partial charge in [0.15, 0.2) is 0 Å². The van der Waals surface area contributed by atoms with Gasteiger partial charge >= 0.3 is 0 Å². The fourth-order valence-electron chi connectivity index (χ4n) is 2.83. The molecule has 0 radical (unpaired) electrons. The van der Waals surface area contributed by atoms with Gasteiger partial charge in [0.05, 0.1) is 4.92 Å². The van der Waals surface area contributed by atoms with Crippen molar-refractivity contribution < 1.29 is 4.92 Å². The van der Waals surface area contributed by atoms with Gasteiger partial charge in [-0.25, -0.2) is 0 Å². The average molecular weight is 181 g/mol. The maximum atomic E-state index is 10.3. The Morgan fingerprint density at radius 3 is 2.23 bits per heavy atom. The Labute approximate surface area is 78.0 Å². The van der Waals surface area contributed by atoms with Crippen LogP contribution in [0.15, 0.2) is 11.8 Å². The normalized spacial score (nSPS) is 36.2. The van der Waals surface area contributed by atoms with Gasteiger partial charge < -0.3 is 0 Å². The molecule has 0 aromatic rings. The molecule has 0 amide bonds. The van der Waals surface area contributed by atoms with Gasteiger partial charge in [0.1, 0.15) is 0 Å². The minimum absolute atomic E-state index is 0.299. The number of fused-ring (bicyclic) bond motifs is 1. The van der Waals surface area contributed by atoms with Gasteiger partial charge in [-0.2, -0.15) is 0 Å². The van der Waals surface area contributed by atoms with Crippen LogP contribution in [0.3, 0.4) is 0 Å². The lowest BCUT2D eigenvalue weighted by atomic mass is 9.82. The molecule has 0 aromatic carbocycles. The number of nitro groups is 1. The fourth-order valence-corrected chi connectivity index (χ4v) is 2.83. The van der Waals surface area contributed by atoms with Crippen LogP contribution in [0, 0.1) is 22.0 Å². The summed E-state index contributed by atoms with van der Waals surface area (Å²) in [5.41, 5.74) is 1.07. The highest BCUT2D eigenvalue weighted by Gasteiger charge is 2.33. The molecule has 0 bridgehead atoms. The van der Waals surface area contributed by atoms with Gasteiger partial charge in [0, 0.05) is 5.57 Å². The summed E-state index contributed by atoms with van der Waals surface area (Å²) in [7, 11) is 0. The molecule has 0 N–H and O–H groups in total. The van der Waals surface area contributed by atoms with Crippen LogP contribution >= 0.6 is 0 Å². The van der Waals surface area contributed by atoms with E-state index < -0.39 is 0 Å². The summed E-state index contributed by atoms with van der Waals surface area (Å²) in [6.07, 6.45) is 8.45. The third kappa shape index (κ3) is 1.90. The summed E-state index contributed by atoms with van der Waals surface area (Å²) in [6, 6.07) is 0. The first-order valence-corrected chi connectivity index (χ1v) is 5.09. The molecule has 0 heterocycles. The second kappa shape index (κ2) is 3.48. The summed E-state index contributed by atoms with van der Waals surface area (Å²) in [4.78, 5) is 9.99. The first-order valence-electron chi connectivity index (χ1n) is 5.09. The van der Waals surface area contributed by atoms with Crippen molar-refractivity contribution in [2.75, 3.05) is 0 Å². The van der Waals surface area contributed by atoms with Crippen molar-refractivity contribution in [2.45, 2.75) is 38.5 Å². The van der Waals surface area contributed by atoms with E-state index in [-0.39, 0.29) is 4.92 Å². The first kappa shape index (κ1) is 8.73. The first-order chi connectivity index (χ1) is 6.25. The summed E-state index contributed by atoms with van der Waals surface area (Å²) < 4.78 is 0. The highest BCUT2D eigenvalue weighted by molar-refractivity contribution is 5.08. The topological polar surface area (TPSA) is 43.1 Å². The number of hydrogen-bond acceptors (Lipinski definition) is 2. The molecule has 0 saturated heterocycles. The van der Waals surface area contributed by atoms with Crippen molar-refractivity contribution in [3.8, 4) is 0 Å². The van der Waals surface area contributed by atoms with Gasteiger partial charge in [0.25, 0.3) is 0 Å². The molecule has 0 aliphatic heterocycles. The molecule has 2 rings (SSSR count). The number of hydrogen-bond donors (Lipinski definition) is 0. The average Bonchev–Trinajstić information content (AvgIpc) is 2.44. The Morgan fingerprint density at radius 2 is 1.77 bits per heavy atom. The molecule has 3 nitrogen and oxygen atoms in total. The van der Waals surface area contributed by atoms with Crippen molar-refractivity contribution in [1.29, 1.82) is 0 Å². The van der Waals surface area contributed by atoms with E-state index in [1.54, 1.807) is 0 Å². The fraction of sp³-hybridized carbons (Fsp3) is 0.800. The van der Waals surface area contributed by atoms with E-state index in [9.17, 15) is 10.1 Å². The highest BCUT2D eigenvalue weighted by Crippen LogP contribution is 2.44. The predicted octanol–water partition coefficient (Wildman–Crippen LogP) is 2.75. The van der Waals surface area contributed by atoms with Gasteiger partial charge in [-0.1, -0.05) is 12.8 Å². The van der Waals surface area contributed by atoms with E-state index in [4.69, 9.17) is 0 Å². The van der Waals surface area contributed by atoms with Crippen molar-refractivity contribution in [3.63, 3.8) is 0 Å². The molecule has 2 fully saturated rings. The van der Waals surface area contributed by atoms with Crippen molar-refractivity contribution in [3.05, 3.63) is 21.9 Å². The molecule has 3 heteroatoms. The number of allylic oxidation sites excluding steroid dienone is 1. The molecule has 0 aromatic heterocycles. The minimum atomic E-state index is -0.299. The van der Waals surface area contributed by atoms with Crippen molar-refractivity contribution >= 4 is 0 Å². The van der Waals surface area contributed by atoms with Crippen LogP contribution < -0.4 is 0 Å². The maximum absolute atomic E-state index is 10.3. The van der Waals surface area contributed by atoms with E-state index >= 15 is 0 Å². The Kier molecular flexibility index (Phi) is 2.34. The van der Waals surface area contributed by atoms with E-state index in [1.165, 1.54) is 31.9 Å². The molecule has 2 aliphatic carbocycles. The molecular formula is C10H15NO2. The standard InChI is InChI=1S/C10H15NO2/c12-11(13)7-8-5-9-3-1-2-4-10(9)6-8/h7,9-10H,1-6H2/t9-,10?/m0/s1. The van der Waals surface area contributed by atoms with Gasteiger partial charge in [-0.05, 0) is 37.5 Å². The SMILES string of the molecule is O=[N+]([O-])C=C1CC2CCCC[C@H]2C1. The summed E-state index contributed by atoms with van der Waals surface area (Å²) >= 11 is 0. The molecular weight excluding hydrogens is 166 g/mol. The zero-order chi connectivity index (χ0) is 9.26. The Hall–Kier alpha value is -0.860. The van der Waals surface area contributed by atoms with Crippen LogP contribution in [0.2, 0.25) is 0 Å². The third-order valence-corrected chi connectivity index (χ3v) is 3.40. The van der Waals surface area contributed by atoms with Crippen LogP contribution in [-0.2, 0) is 0 Å². The lowest BCUT2D eigenvalue weighted by Crippen LogP contribution is -2.12. The van der Waals surface area contributed by atoms with Gasteiger partial charge in [-0.15, -0.1) is 0 Å². The van der Waals surface area contributed by atoms with Crippen LogP contribution in [0.1, 0.15) is 38.5 Å². The van der Waals surface area contributed by atoms with Crippen LogP contribution in [0.4, 0.5) is 0 Å². The Balaban J connectivity index is 2.02. The second-order valence-corrected chi connectivity index (χ2v) is 4.29. The molecule has 0 spiro atoms. The molecule has 1 unspecified atom stereocenters. The Morgan fingerprint density at radius 1 is 1.23 bits per heavy atom. The van der Waals surface area contributed by atoms with E-state index in [1.807, 2.05) is 0 Å². The van der Waals surface area contributed by atoms with Crippen LogP contribution in [-0.4, -0.2) is 4.92 Å². The van der Waals surface area contributed by atoms with Crippen LogP contribution in [0.25, 0.3) is 0 Å². The molecule has 13 heavy (non-hydrogen) atoms. The smallest absolute Gasteiger partial charge is 0.233 e. The van der Waals surface area contributed by atoms with E-state index in [0.29, 0.717) is 0 Å². The Bertz CT molecular complexity index is 231. The molecule has 2 saturated carbocycles. The van der Waals surface area contributed by atoms with Gasteiger partial charge in [-0.3, -0.25) is 10.1 Å². The quantitative estimate of drug-likeness (QED) is 0.461. The van der Waals surface area contributed by atoms with E-state index in [0.717, 1.165) is 30.3 Å². The zero-order valence-electron chi connectivity index (χ0n) is 7.74. The molecule has 2 aliphatic rings. The van der Waals surface area contributed by atoms with Crippen LogP contribution in [0.5, 0.6) is 0 Å². The summed E-state index contributed by atoms with van der Waals surface area (Å²) in [5.74, 6) is 1.53. The number of nitrogens with zero attached hydrogens (tertiary/aromatic N) is 1. The lowest BCUT2D eigenvalue weighted by molar-refractivity contribution is -0.403. The predicted molar refractivity (Wildman–Crippen MR) is 49.8 cm³/mol. The van der Waals surface area contributed by atoms with Crippen molar-refractivity contribution in [2.24, 2.45) is 11.8 Å². The van der Waals surface area contributed by atoms with Gasteiger partial charge in [0.2, 0.25) is 6.20 Å². The maximum Gasteiger partial charge on any atom is 0.233 e. The molecule has 2 atom stereocenters. The largest absolute Gasteiger partial charge is 0.259 e. The number of rotatable bonds is 1.